The molecule has 0 saturated carbocycles. The summed E-state index contributed by atoms with van der Waals surface area (Å²) in [6.07, 6.45) is 5.08. The molecule has 2 nitrogen and oxygen atoms in total. The van der Waals surface area contributed by atoms with E-state index in [1.165, 1.54) is 6.42 Å². The molecular weight excluding hydrogens is 200 g/mol. The minimum Gasteiger partial charge on any atom is -0.459 e. The lowest BCUT2D eigenvalue weighted by Gasteiger charge is -2.22. The maximum absolute atomic E-state index is 11.4. The third-order valence-electron chi connectivity index (χ3n) is 2.81. The number of hydrogen-bond donors (Lipinski definition) is 0. The van der Waals surface area contributed by atoms with Crippen LogP contribution in [0.1, 0.15) is 53.9 Å². The Morgan fingerprint density at radius 1 is 1.50 bits per heavy atom. The number of allylic oxidation sites excluding steroid dienone is 1. The highest BCUT2D eigenvalue weighted by Gasteiger charge is 2.25. The van der Waals surface area contributed by atoms with Gasteiger partial charge in [-0.3, -0.25) is 0 Å². The van der Waals surface area contributed by atoms with Gasteiger partial charge in [-0.25, -0.2) is 4.79 Å². The van der Waals surface area contributed by atoms with Crippen LogP contribution < -0.4 is 0 Å². The number of ether oxygens (including phenoxy) is 1. The molecular formula is C14H24O2. The Morgan fingerprint density at radius 3 is 2.56 bits per heavy atom. The Balaban J connectivity index is 2.44. The number of hydrogen-bond acceptors (Lipinski definition) is 2. The maximum atomic E-state index is 11.4. The molecule has 0 N–H and O–H groups in total. The second-order valence-corrected chi connectivity index (χ2v) is 6.26. The number of carbonyl (C=O) groups excluding carboxylic acids is 1. The number of carbonyl (C=O) groups is 1. The average Bonchev–Trinajstić information content (AvgIpc) is 2.38. The fraction of sp³-hybridized carbons (Fsp3) is 0.786. The van der Waals surface area contributed by atoms with Crippen LogP contribution in [0.25, 0.3) is 0 Å². The van der Waals surface area contributed by atoms with E-state index >= 15 is 0 Å². The number of cyclic esters (lactones) is 1. The topological polar surface area (TPSA) is 26.3 Å². The molecule has 2 heteroatoms. The van der Waals surface area contributed by atoms with Crippen molar-refractivity contribution in [3.63, 3.8) is 0 Å². The van der Waals surface area contributed by atoms with E-state index in [4.69, 9.17) is 4.74 Å². The number of rotatable bonds is 3. The molecule has 0 amide bonds. The zero-order chi connectivity index (χ0) is 12.3. The summed E-state index contributed by atoms with van der Waals surface area (Å²) < 4.78 is 5.10. The van der Waals surface area contributed by atoms with Crippen LogP contribution in [0, 0.1) is 11.3 Å². The fourth-order valence-corrected chi connectivity index (χ4v) is 2.33. The molecule has 0 radical (unpaired) electrons. The van der Waals surface area contributed by atoms with Crippen molar-refractivity contribution in [3.05, 3.63) is 11.6 Å². The molecule has 0 aliphatic carbocycles. The standard InChI is InChI=1S/C14H24O2/c1-10(9-14(3,4)5)6-7-12-8-11(2)16-13(12)15/h7,10-11H,6,8-9H2,1-5H3/b12-7-/t10-,11+/m0/s1. The summed E-state index contributed by atoms with van der Waals surface area (Å²) in [5, 5.41) is 0. The third-order valence-corrected chi connectivity index (χ3v) is 2.81. The molecule has 0 bridgehead atoms. The summed E-state index contributed by atoms with van der Waals surface area (Å²) in [5.41, 5.74) is 1.23. The molecule has 0 aromatic carbocycles. The lowest BCUT2D eigenvalue weighted by Crippen LogP contribution is -2.10. The normalized spacial score (nSPS) is 25.9. The molecule has 1 aliphatic rings. The van der Waals surface area contributed by atoms with Gasteiger partial charge in [0, 0.05) is 12.0 Å². The lowest BCUT2D eigenvalue weighted by molar-refractivity contribution is -0.138. The summed E-state index contributed by atoms with van der Waals surface area (Å²) in [7, 11) is 0. The van der Waals surface area contributed by atoms with Gasteiger partial charge in [0.15, 0.2) is 0 Å². The summed E-state index contributed by atoms with van der Waals surface area (Å²) in [6, 6.07) is 0. The highest BCUT2D eigenvalue weighted by Crippen LogP contribution is 2.27. The molecule has 1 rings (SSSR count). The van der Waals surface area contributed by atoms with Gasteiger partial charge in [-0.15, -0.1) is 0 Å². The summed E-state index contributed by atoms with van der Waals surface area (Å²) in [4.78, 5) is 11.4. The van der Waals surface area contributed by atoms with Crippen molar-refractivity contribution in [1.29, 1.82) is 0 Å². The van der Waals surface area contributed by atoms with Crippen LogP contribution in [-0.4, -0.2) is 12.1 Å². The zero-order valence-corrected chi connectivity index (χ0v) is 11.2. The molecule has 0 aromatic heterocycles. The van der Waals surface area contributed by atoms with Crippen molar-refractivity contribution in [2.75, 3.05) is 0 Å². The highest BCUT2D eigenvalue weighted by molar-refractivity contribution is 5.90. The van der Waals surface area contributed by atoms with Crippen LogP contribution in [0.2, 0.25) is 0 Å². The highest BCUT2D eigenvalue weighted by atomic mass is 16.5. The van der Waals surface area contributed by atoms with E-state index in [1.54, 1.807) is 0 Å². The van der Waals surface area contributed by atoms with Crippen molar-refractivity contribution in [2.45, 2.75) is 60.0 Å². The van der Waals surface area contributed by atoms with Crippen molar-refractivity contribution in [3.8, 4) is 0 Å². The van der Waals surface area contributed by atoms with Gasteiger partial charge in [0.2, 0.25) is 0 Å². The van der Waals surface area contributed by atoms with Gasteiger partial charge < -0.3 is 4.74 Å². The SMILES string of the molecule is C[C@@H](C/C=C1/C[C@@H](C)OC1=O)CC(C)(C)C. The molecule has 1 saturated heterocycles. The molecule has 2 atom stereocenters. The first-order chi connectivity index (χ1) is 7.28. The Labute approximate surface area is 99.1 Å². The van der Waals surface area contributed by atoms with Gasteiger partial charge in [-0.05, 0) is 31.1 Å². The minimum absolute atomic E-state index is 0.0664. The molecule has 1 fully saturated rings. The van der Waals surface area contributed by atoms with Crippen molar-refractivity contribution < 1.29 is 9.53 Å². The van der Waals surface area contributed by atoms with Crippen LogP contribution in [0.5, 0.6) is 0 Å². The fourth-order valence-electron chi connectivity index (χ4n) is 2.33. The summed E-state index contributed by atoms with van der Waals surface area (Å²) >= 11 is 0. The largest absolute Gasteiger partial charge is 0.459 e. The molecule has 0 unspecified atom stereocenters. The van der Waals surface area contributed by atoms with Crippen molar-refractivity contribution >= 4 is 5.97 Å². The van der Waals surface area contributed by atoms with E-state index < -0.39 is 0 Å². The van der Waals surface area contributed by atoms with E-state index in [-0.39, 0.29) is 12.1 Å². The van der Waals surface area contributed by atoms with E-state index in [0.29, 0.717) is 11.3 Å². The lowest BCUT2D eigenvalue weighted by atomic mass is 9.84. The van der Waals surface area contributed by atoms with Crippen LogP contribution in [0.15, 0.2) is 11.6 Å². The van der Waals surface area contributed by atoms with E-state index in [1.807, 2.05) is 6.92 Å². The zero-order valence-electron chi connectivity index (χ0n) is 11.2. The number of esters is 1. The Bertz CT molecular complexity index is 284. The van der Waals surface area contributed by atoms with E-state index in [9.17, 15) is 4.79 Å². The van der Waals surface area contributed by atoms with Gasteiger partial charge >= 0.3 is 5.97 Å². The smallest absolute Gasteiger partial charge is 0.334 e. The third kappa shape index (κ3) is 4.38. The molecule has 0 spiro atoms. The first-order valence-corrected chi connectivity index (χ1v) is 6.18. The molecule has 16 heavy (non-hydrogen) atoms. The first kappa shape index (κ1) is 13.3. The first-order valence-electron chi connectivity index (χ1n) is 6.18. The van der Waals surface area contributed by atoms with Crippen molar-refractivity contribution in [1.82, 2.24) is 0 Å². The predicted molar refractivity (Wildman–Crippen MR) is 66.1 cm³/mol. The van der Waals surface area contributed by atoms with Crippen LogP contribution in [-0.2, 0) is 9.53 Å². The Hall–Kier alpha value is -0.790. The minimum atomic E-state index is -0.115. The van der Waals surface area contributed by atoms with Gasteiger partial charge in [-0.1, -0.05) is 33.8 Å². The second-order valence-electron chi connectivity index (χ2n) is 6.26. The van der Waals surface area contributed by atoms with Crippen LogP contribution in [0.4, 0.5) is 0 Å². The van der Waals surface area contributed by atoms with Gasteiger partial charge in [0.25, 0.3) is 0 Å². The Morgan fingerprint density at radius 2 is 2.12 bits per heavy atom. The summed E-state index contributed by atoms with van der Waals surface area (Å²) in [5.74, 6) is 0.506. The molecule has 1 heterocycles. The maximum Gasteiger partial charge on any atom is 0.334 e. The monoisotopic (exact) mass is 224 g/mol. The van der Waals surface area contributed by atoms with E-state index in [2.05, 4.69) is 33.8 Å². The van der Waals surface area contributed by atoms with Gasteiger partial charge in [0.1, 0.15) is 6.10 Å². The summed E-state index contributed by atoms with van der Waals surface area (Å²) in [6.45, 7) is 10.9. The van der Waals surface area contributed by atoms with E-state index in [0.717, 1.165) is 18.4 Å². The second kappa shape index (κ2) is 5.03. The van der Waals surface area contributed by atoms with Gasteiger partial charge in [-0.2, -0.15) is 0 Å². The van der Waals surface area contributed by atoms with Crippen molar-refractivity contribution in [2.24, 2.45) is 11.3 Å². The van der Waals surface area contributed by atoms with Crippen LogP contribution in [0.3, 0.4) is 0 Å². The predicted octanol–water partition coefficient (Wildman–Crippen LogP) is 3.71. The quantitative estimate of drug-likeness (QED) is 0.539. The molecule has 92 valence electrons. The molecule has 0 aromatic rings. The van der Waals surface area contributed by atoms with Gasteiger partial charge in [0.05, 0.1) is 0 Å². The van der Waals surface area contributed by atoms with Crippen LogP contribution >= 0.6 is 0 Å². The molecule has 1 aliphatic heterocycles. The Kier molecular flexibility index (Phi) is 4.17. The average molecular weight is 224 g/mol.